The van der Waals surface area contributed by atoms with Gasteiger partial charge in [0.1, 0.15) is 0 Å². The van der Waals surface area contributed by atoms with Crippen LogP contribution in [0, 0.1) is 0 Å². The van der Waals surface area contributed by atoms with E-state index in [1.165, 1.54) is 208 Å². The van der Waals surface area contributed by atoms with E-state index in [4.69, 9.17) is 29.9 Å². The van der Waals surface area contributed by atoms with Gasteiger partial charge in [0, 0.05) is 77.8 Å². The number of fused-ring (bicyclic) bond motifs is 3. The van der Waals surface area contributed by atoms with Gasteiger partial charge in [-0.3, -0.25) is 15.0 Å². The molecule has 3 spiro atoms. The van der Waals surface area contributed by atoms with Crippen molar-refractivity contribution in [3.05, 3.63) is 209 Å². The molecule has 6 aliphatic carbocycles. The molecule has 0 unspecified atom stereocenters. The molecule has 0 amide bonds. The van der Waals surface area contributed by atoms with Crippen LogP contribution in [0.15, 0.2) is 159 Å². The van der Waals surface area contributed by atoms with E-state index in [9.17, 15) is 0 Å². The first-order valence-corrected chi connectivity index (χ1v) is 35.5. The number of nitrogens with two attached hydrogens (primary N) is 1. The molecule has 3 aliphatic heterocycles. The molecular weight excluding hydrogens is 1080 g/mol. The summed E-state index contributed by atoms with van der Waals surface area (Å²) in [7, 11) is 0. The third kappa shape index (κ3) is 14.7. The predicted octanol–water partition coefficient (Wildman–Crippen LogP) is 19.5. The predicted molar refractivity (Wildman–Crippen MR) is 360 cm³/mol. The van der Waals surface area contributed by atoms with Gasteiger partial charge in [-0.1, -0.05) is 148 Å². The quantitative estimate of drug-likeness (QED) is 0.115. The minimum Gasteiger partial charge on any atom is -0.375 e. The lowest BCUT2D eigenvalue weighted by atomic mass is 9.66. The Hall–Kier alpha value is -5.31. The molecule has 6 atom stereocenters. The van der Waals surface area contributed by atoms with Gasteiger partial charge < -0.3 is 19.9 Å². The lowest BCUT2D eigenvalue weighted by molar-refractivity contribution is -0.105. The number of benzene rings is 3. The van der Waals surface area contributed by atoms with Crippen LogP contribution in [0.2, 0.25) is 0 Å². The lowest BCUT2D eigenvalue weighted by Crippen LogP contribution is -2.46. The van der Waals surface area contributed by atoms with Gasteiger partial charge in [-0.25, -0.2) is 0 Å². The highest BCUT2D eigenvalue weighted by Gasteiger charge is 2.51. The maximum atomic E-state index is 6.42. The number of hydrogen-bond donors (Lipinski definition) is 1. The summed E-state index contributed by atoms with van der Waals surface area (Å²) >= 11 is 0. The Kier molecular flexibility index (Phi) is 20.9. The van der Waals surface area contributed by atoms with Crippen LogP contribution in [-0.2, 0) is 49.7 Å². The van der Waals surface area contributed by atoms with Gasteiger partial charge >= 0.3 is 0 Å². The molecular formula is C81H106N4O3. The standard InChI is InChI=1S/2C27H35NO.C17H23NO.C10H13N/c2*1-2-13-24-22(9-1)10-7-11-23(24)12-8-15-26(25-14-3-6-19-28-25)18-20-29-27(21-26)16-4-5-17-27;1-2-8-16(15-7-3-6-12-18-15)11-13-19-17(14-16)9-4-5-10-17;11-10-7-3-5-8-4-1-2-6-9(8)10/h2*1-3,6,9,13-14,19,23H,4-5,7-8,10-12,15-18,20-21H2;2-3,6-7,12H,1,4-5,8-11,13-14H2;1-2,4,6,10H,3,5,7,11H2/t2*23-,26+;16-;10-/m0011/s1. The van der Waals surface area contributed by atoms with Crippen molar-refractivity contribution in [2.24, 2.45) is 5.73 Å². The zero-order valence-corrected chi connectivity index (χ0v) is 53.7. The highest BCUT2D eigenvalue weighted by atomic mass is 16.5. The van der Waals surface area contributed by atoms with Crippen molar-refractivity contribution in [3.8, 4) is 0 Å². The van der Waals surface area contributed by atoms with E-state index < -0.39 is 0 Å². The summed E-state index contributed by atoms with van der Waals surface area (Å²) in [6.45, 7) is 6.65. The molecule has 3 saturated carbocycles. The molecule has 0 bridgehead atoms. The van der Waals surface area contributed by atoms with E-state index in [0.29, 0.717) is 6.04 Å². The molecule has 7 heteroatoms. The van der Waals surface area contributed by atoms with Crippen LogP contribution in [-0.4, -0.2) is 51.6 Å². The van der Waals surface area contributed by atoms with Crippen molar-refractivity contribution in [1.82, 2.24) is 15.0 Å². The average molecular weight is 1180 g/mol. The molecule has 6 fully saturated rings. The molecule has 0 radical (unpaired) electrons. The molecule has 3 aromatic carbocycles. The van der Waals surface area contributed by atoms with Crippen molar-refractivity contribution >= 4 is 0 Å². The summed E-state index contributed by atoms with van der Waals surface area (Å²) < 4.78 is 19.0. The lowest BCUT2D eigenvalue weighted by Gasteiger charge is -2.46. The van der Waals surface area contributed by atoms with Crippen molar-refractivity contribution < 1.29 is 14.2 Å². The first kappa shape index (κ1) is 62.9. The van der Waals surface area contributed by atoms with Crippen LogP contribution in [0.3, 0.4) is 0 Å². The van der Waals surface area contributed by atoms with Crippen molar-refractivity contribution in [2.75, 3.05) is 19.8 Å². The van der Waals surface area contributed by atoms with Crippen molar-refractivity contribution in [1.29, 1.82) is 0 Å². The number of rotatable bonds is 13. The number of aryl methyl sites for hydroxylation is 3. The van der Waals surface area contributed by atoms with Crippen LogP contribution >= 0.6 is 0 Å². The Morgan fingerprint density at radius 1 is 0.409 bits per heavy atom. The fourth-order valence-electron chi connectivity index (χ4n) is 19.1. The Morgan fingerprint density at radius 3 is 1.16 bits per heavy atom. The second-order valence-corrected chi connectivity index (χ2v) is 29.0. The van der Waals surface area contributed by atoms with Gasteiger partial charge in [-0.15, -0.1) is 6.58 Å². The van der Waals surface area contributed by atoms with E-state index in [2.05, 4.69) is 139 Å². The van der Waals surface area contributed by atoms with E-state index in [1.807, 2.05) is 24.7 Å². The summed E-state index contributed by atoms with van der Waals surface area (Å²) in [6, 6.07) is 46.4. The maximum absolute atomic E-state index is 6.42. The van der Waals surface area contributed by atoms with Gasteiger partial charge in [0.15, 0.2) is 0 Å². The molecule has 9 aliphatic rings. The van der Waals surface area contributed by atoms with Gasteiger partial charge in [-0.05, 0) is 249 Å². The molecule has 3 aromatic heterocycles. The Balaban J connectivity index is 0.000000120. The molecule has 6 aromatic rings. The number of nitrogens with zero attached hydrogens (tertiary/aromatic N) is 3. The first-order chi connectivity index (χ1) is 43.2. The second kappa shape index (κ2) is 29.3. The average Bonchev–Trinajstić information content (AvgIpc) is 2.05. The first-order valence-electron chi connectivity index (χ1n) is 35.5. The van der Waals surface area contributed by atoms with Crippen molar-refractivity contribution in [2.45, 2.75) is 269 Å². The van der Waals surface area contributed by atoms with Crippen LogP contribution < -0.4 is 5.73 Å². The third-order valence-corrected chi connectivity index (χ3v) is 23.5. The molecule has 88 heavy (non-hydrogen) atoms. The van der Waals surface area contributed by atoms with Crippen LogP contribution in [0.1, 0.15) is 267 Å². The number of ether oxygens (including phenoxy) is 3. The molecule has 468 valence electrons. The molecule has 6 heterocycles. The van der Waals surface area contributed by atoms with Gasteiger partial charge in [-0.2, -0.15) is 0 Å². The summed E-state index contributed by atoms with van der Waals surface area (Å²) in [6.07, 6.45) is 50.5. The van der Waals surface area contributed by atoms with Gasteiger partial charge in [0.25, 0.3) is 0 Å². The number of hydrogen-bond acceptors (Lipinski definition) is 7. The Bertz CT molecular complexity index is 2970. The molecule has 3 saturated heterocycles. The zero-order chi connectivity index (χ0) is 60.0. The van der Waals surface area contributed by atoms with Crippen molar-refractivity contribution in [3.63, 3.8) is 0 Å². The fourth-order valence-corrected chi connectivity index (χ4v) is 19.1. The second-order valence-electron chi connectivity index (χ2n) is 29.0. The molecule has 15 rings (SSSR count). The normalized spacial score (nSPS) is 27.9. The highest BCUT2D eigenvalue weighted by Crippen LogP contribution is 2.54. The third-order valence-electron chi connectivity index (χ3n) is 23.5. The van der Waals surface area contributed by atoms with Crippen LogP contribution in [0.25, 0.3) is 0 Å². The van der Waals surface area contributed by atoms with E-state index in [-0.39, 0.29) is 33.0 Å². The van der Waals surface area contributed by atoms with Gasteiger partial charge in [0.2, 0.25) is 0 Å². The largest absolute Gasteiger partial charge is 0.375 e. The van der Waals surface area contributed by atoms with E-state index in [1.54, 1.807) is 22.3 Å². The number of aromatic nitrogens is 3. The summed E-state index contributed by atoms with van der Waals surface area (Å²) in [4.78, 5) is 14.4. The van der Waals surface area contributed by atoms with Crippen LogP contribution in [0.5, 0.6) is 0 Å². The van der Waals surface area contributed by atoms with Crippen LogP contribution in [0.4, 0.5) is 0 Å². The maximum Gasteiger partial charge on any atom is 0.0691 e. The SMILES string of the molecule is C=CC[C@@]1(c2ccccn2)CCOC2(CCCC2)C1.N[C@@H]1CCCc2ccccc21.c1ccc([C@]2(CCC[C@@H]3CCCc4ccccc43)CCOC3(CCCC3)C2)nc1.c1ccc([C@]2(CCC[C@@H]3CCCc4ccccc43)CCOC3(CCCC3)C2)nc1. The molecule has 2 N–H and O–H groups in total. The van der Waals surface area contributed by atoms with E-state index in [0.717, 1.165) is 70.2 Å². The smallest absolute Gasteiger partial charge is 0.0691 e. The Morgan fingerprint density at radius 2 is 0.761 bits per heavy atom. The number of allylic oxidation sites excluding steroid dienone is 1. The van der Waals surface area contributed by atoms with E-state index >= 15 is 0 Å². The summed E-state index contributed by atoms with van der Waals surface area (Å²) in [5.74, 6) is 1.50. The monoisotopic (exact) mass is 1180 g/mol. The summed E-state index contributed by atoms with van der Waals surface area (Å²) in [5, 5.41) is 0. The Labute approximate surface area is 530 Å². The molecule has 7 nitrogen and oxygen atoms in total. The number of pyridine rings is 3. The minimum atomic E-state index is 0.124. The summed E-state index contributed by atoms with van der Waals surface area (Å²) in [5.41, 5.74) is 20.0. The minimum absolute atomic E-state index is 0.124. The highest BCUT2D eigenvalue weighted by molar-refractivity contribution is 5.35. The fraction of sp³-hybridized carbons (Fsp3) is 0.568. The van der Waals surface area contributed by atoms with Gasteiger partial charge in [0.05, 0.1) is 16.8 Å². The zero-order valence-electron chi connectivity index (χ0n) is 53.7. The topological polar surface area (TPSA) is 92.4 Å².